The van der Waals surface area contributed by atoms with Crippen LogP contribution < -0.4 is 10.6 Å². The number of hydrogen-bond donors (Lipinski definition) is 2. The largest absolute Gasteiger partial charge is 0.355 e. The lowest BCUT2D eigenvalue weighted by Crippen LogP contribution is -2.49. The summed E-state index contributed by atoms with van der Waals surface area (Å²) >= 11 is 0. The quantitative estimate of drug-likeness (QED) is 0.813. The second-order valence-corrected chi connectivity index (χ2v) is 6.21. The van der Waals surface area contributed by atoms with Gasteiger partial charge in [0.1, 0.15) is 5.82 Å². The van der Waals surface area contributed by atoms with E-state index < -0.39 is 0 Å². The maximum absolute atomic E-state index is 12.1. The number of nitrogens with one attached hydrogen (secondary N) is 2. The van der Waals surface area contributed by atoms with Gasteiger partial charge in [0, 0.05) is 37.8 Å². The minimum absolute atomic E-state index is 0.0836. The Bertz CT molecular complexity index is 633. The summed E-state index contributed by atoms with van der Waals surface area (Å²) < 4.78 is 2.14. The van der Waals surface area contributed by atoms with Crippen LogP contribution in [0.15, 0.2) is 42.7 Å². The molecule has 1 unspecified atom stereocenters. The molecule has 122 valence electrons. The van der Waals surface area contributed by atoms with Crippen molar-refractivity contribution in [1.29, 1.82) is 0 Å². The molecule has 1 aliphatic heterocycles. The van der Waals surface area contributed by atoms with E-state index in [-0.39, 0.29) is 11.8 Å². The average Bonchev–Trinajstić information content (AvgIpc) is 2.93. The Balaban J connectivity index is 1.49. The third kappa shape index (κ3) is 3.99. The monoisotopic (exact) mass is 312 g/mol. The molecular weight excluding hydrogens is 288 g/mol. The fourth-order valence-corrected chi connectivity index (χ4v) is 2.83. The molecule has 2 aromatic rings. The highest BCUT2D eigenvalue weighted by Gasteiger charge is 2.28. The molecule has 5 heteroatoms. The maximum atomic E-state index is 12.1. The fourth-order valence-electron chi connectivity index (χ4n) is 2.83. The third-order valence-electron chi connectivity index (χ3n) is 4.58. The van der Waals surface area contributed by atoms with Gasteiger partial charge in [-0.3, -0.25) is 4.79 Å². The highest BCUT2D eigenvalue weighted by Crippen LogP contribution is 2.15. The molecule has 2 heterocycles. The maximum Gasteiger partial charge on any atom is 0.223 e. The number of carbonyl (C=O) groups is 1. The second-order valence-electron chi connectivity index (χ2n) is 6.21. The van der Waals surface area contributed by atoms with E-state index in [0.717, 1.165) is 31.9 Å². The summed E-state index contributed by atoms with van der Waals surface area (Å²) in [6.07, 6.45) is 4.57. The first-order chi connectivity index (χ1) is 11.2. The van der Waals surface area contributed by atoms with Crippen LogP contribution in [0.5, 0.6) is 0 Å². The van der Waals surface area contributed by atoms with E-state index in [4.69, 9.17) is 0 Å². The lowest BCUT2D eigenvalue weighted by atomic mass is 9.88. The van der Waals surface area contributed by atoms with E-state index in [2.05, 4.69) is 32.3 Å². The minimum Gasteiger partial charge on any atom is -0.355 e. The Hall–Kier alpha value is -2.14. The van der Waals surface area contributed by atoms with E-state index in [0.29, 0.717) is 12.5 Å². The SMILES string of the molecule is CC(C(=O)NCCc1nccn1Cc1ccccc1)C1CNC1. The number of carbonyl (C=O) groups excluding carboxylic acids is 1. The van der Waals surface area contributed by atoms with Crippen molar-refractivity contribution in [3.8, 4) is 0 Å². The van der Waals surface area contributed by atoms with Crippen molar-refractivity contribution in [2.24, 2.45) is 11.8 Å². The molecule has 0 saturated carbocycles. The first kappa shape index (κ1) is 15.7. The summed E-state index contributed by atoms with van der Waals surface area (Å²) in [5.41, 5.74) is 1.25. The zero-order chi connectivity index (χ0) is 16.1. The van der Waals surface area contributed by atoms with Crippen LogP contribution in [0.1, 0.15) is 18.3 Å². The van der Waals surface area contributed by atoms with Crippen molar-refractivity contribution in [2.45, 2.75) is 19.9 Å². The predicted octanol–water partition coefficient (Wildman–Crippen LogP) is 1.45. The van der Waals surface area contributed by atoms with Gasteiger partial charge in [-0.1, -0.05) is 37.3 Å². The summed E-state index contributed by atoms with van der Waals surface area (Å²) in [5, 5.41) is 6.25. The van der Waals surface area contributed by atoms with E-state index in [1.165, 1.54) is 5.56 Å². The Morgan fingerprint density at radius 1 is 1.39 bits per heavy atom. The van der Waals surface area contributed by atoms with Crippen molar-refractivity contribution >= 4 is 5.91 Å². The Labute approximate surface area is 137 Å². The molecule has 5 nitrogen and oxygen atoms in total. The normalized spacial score (nSPS) is 15.9. The van der Waals surface area contributed by atoms with E-state index >= 15 is 0 Å². The van der Waals surface area contributed by atoms with Crippen molar-refractivity contribution < 1.29 is 4.79 Å². The van der Waals surface area contributed by atoms with Gasteiger partial charge in [-0.25, -0.2) is 4.98 Å². The summed E-state index contributed by atoms with van der Waals surface area (Å²) in [6, 6.07) is 10.3. The summed E-state index contributed by atoms with van der Waals surface area (Å²) in [6.45, 7) is 5.37. The molecule has 1 fully saturated rings. The molecule has 1 atom stereocenters. The van der Waals surface area contributed by atoms with Crippen LogP contribution in [0.2, 0.25) is 0 Å². The van der Waals surface area contributed by atoms with Crippen LogP contribution in [-0.4, -0.2) is 35.1 Å². The number of benzene rings is 1. The average molecular weight is 312 g/mol. The minimum atomic E-state index is 0.0836. The Morgan fingerprint density at radius 3 is 2.87 bits per heavy atom. The number of amides is 1. The van der Waals surface area contributed by atoms with Crippen LogP contribution in [-0.2, 0) is 17.8 Å². The summed E-state index contributed by atoms with van der Waals surface area (Å²) in [5.74, 6) is 1.72. The molecule has 1 aromatic heterocycles. The number of imidazole rings is 1. The van der Waals surface area contributed by atoms with Gasteiger partial charge in [0.15, 0.2) is 0 Å². The van der Waals surface area contributed by atoms with E-state index in [9.17, 15) is 4.79 Å². The first-order valence-corrected chi connectivity index (χ1v) is 8.26. The zero-order valence-electron chi connectivity index (χ0n) is 13.5. The van der Waals surface area contributed by atoms with Crippen LogP contribution in [0.25, 0.3) is 0 Å². The molecule has 0 radical (unpaired) electrons. The van der Waals surface area contributed by atoms with Gasteiger partial charge >= 0.3 is 0 Å². The molecule has 0 bridgehead atoms. The standard InChI is InChI=1S/C18H24N4O/c1-14(16-11-19-12-16)18(23)21-8-7-17-20-9-10-22(17)13-15-5-3-2-4-6-15/h2-6,9-10,14,16,19H,7-8,11-13H2,1H3,(H,21,23). The van der Waals surface area contributed by atoms with Gasteiger partial charge in [0.05, 0.1) is 0 Å². The molecular formula is C18H24N4O. The fraction of sp³-hybridized carbons (Fsp3) is 0.444. The van der Waals surface area contributed by atoms with Crippen LogP contribution >= 0.6 is 0 Å². The number of rotatable bonds is 7. The Morgan fingerprint density at radius 2 is 2.17 bits per heavy atom. The molecule has 0 aliphatic carbocycles. The highest BCUT2D eigenvalue weighted by molar-refractivity contribution is 5.78. The van der Waals surface area contributed by atoms with Crippen molar-refractivity contribution in [3.63, 3.8) is 0 Å². The van der Waals surface area contributed by atoms with Crippen molar-refractivity contribution in [2.75, 3.05) is 19.6 Å². The van der Waals surface area contributed by atoms with E-state index in [1.54, 1.807) is 0 Å². The molecule has 1 aliphatic rings. The molecule has 3 rings (SSSR count). The number of hydrogen-bond acceptors (Lipinski definition) is 3. The van der Waals surface area contributed by atoms with Crippen molar-refractivity contribution in [3.05, 3.63) is 54.1 Å². The van der Waals surface area contributed by atoms with Gasteiger partial charge in [0.2, 0.25) is 5.91 Å². The summed E-state index contributed by atoms with van der Waals surface area (Å²) in [7, 11) is 0. The second kappa shape index (κ2) is 7.42. The molecule has 1 amide bonds. The number of aromatic nitrogens is 2. The van der Waals surface area contributed by atoms with Crippen LogP contribution in [0, 0.1) is 11.8 Å². The van der Waals surface area contributed by atoms with Gasteiger partial charge in [0.25, 0.3) is 0 Å². The van der Waals surface area contributed by atoms with Gasteiger partial charge in [-0.2, -0.15) is 0 Å². The number of nitrogens with zero attached hydrogens (tertiary/aromatic N) is 2. The molecule has 1 aromatic carbocycles. The topological polar surface area (TPSA) is 59.0 Å². The lowest BCUT2D eigenvalue weighted by Gasteiger charge is -2.31. The lowest BCUT2D eigenvalue weighted by molar-refractivity contribution is -0.126. The molecule has 2 N–H and O–H groups in total. The molecule has 0 spiro atoms. The smallest absolute Gasteiger partial charge is 0.223 e. The van der Waals surface area contributed by atoms with Crippen molar-refractivity contribution in [1.82, 2.24) is 20.2 Å². The third-order valence-corrected chi connectivity index (χ3v) is 4.58. The summed E-state index contributed by atoms with van der Waals surface area (Å²) in [4.78, 5) is 16.5. The van der Waals surface area contributed by atoms with Gasteiger partial charge in [-0.05, 0) is 24.6 Å². The Kier molecular flexibility index (Phi) is 5.08. The van der Waals surface area contributed by atoms with Gasteiger partial charge in [-0.15, -0.1) is 0 Å². The first-order valence-electron chi connectivity index (χ1n) is 8.26. The predicted molar refractivity (Wildman–Crippen MR) is 90.0 cm³/mol. The zero-order valence-corrected chi connectivity index (χ0v) is 13.5. The van der Waals surface area contributed by atoms with Gasteiger partial charge < -0.3 is 15.2 Å². The van der Waals surface area contributed by atoms with Crippen LogP contribution in [0.3, 0.4) is 0 Å². The van der Waals surface area contributed by atoms with E-state index in [1.807, 2.05) is 37.5 Å². The molecule has 23 heavy (non-hydrogen) atoms. The highest BCUT2D eigenvalue weighted by atomic mass is 16.1. The molecule has 1 saturated heterocycles. The van der Waals surface area contributed by atoms with Crippen LogP contribution in [0.4, 0.5) is 0 Å².